The third kappa shape index (κ3) is 4.79. The Kier molecular flexibility index (Phi) is 6.80. The van der Waals surface area contributed by atoms with E-state index in [1.165, 1.54) is 12.4 Å². The Morgan fingerprint density at radius 3 is 2.85 bits per heavy atom. The largest absolute Gasteiger partial charge is 0.493 e. The summed E-state index contributed by atoms with van der Waals surface area (Å²) in [6.07, 6.45) is 2.51. The molecular weight excluding hydrogens is 449 g/mol. The lowest BCUT2D eigenvalue weighted by Gasteiger charge is -2.36. The number of aromatic nitrogens is 2. The molecule has 2 atom stereocenters. The number of hydrogen-bond acceptors (Lipinski definition) is 7. The van der Waals surface area contributed by atoms with E-state index in [0.717, 1.165) is 13.0 Å². The van der Waals surface area contributed by atoms with Gasteiger partial charge in [0.2, 0.25) is 5.91 Å². The first-order chi connectivity index (χ1) is 15.9. The molecule has 1 fully saturated rings. The average molecular weight is 474 g/mol. The molecule has 1 aliphatic rings. The molecule has 1 saturated heterocycles. The summed E-state index contributed by atoms with van der Waals surface area (Å²) in [6.45, 7) is 0.725. The minimum Gasteiger partial charge on any atom is -0.493 e. The summed E-state index contributed by atoms with van der Waals surface area (Å²) < 4.78 is 26.3. The maximum atomic E-state index is 14.4. The van der Waals surface area contributed by atoms with Crippen molar-refractivity contribution in [1.82, 2.24) is 20.2 Å². The van der Waals surface area contributed by atoms with Crippen molar-refractivity contribution in [3.63, 3.8) is 0 Å². The number of nitrogens with zero attached hydrogens (tertiary/aromatic N) is 3. The van der Waals surface area contributed by atoms with Crippen LogP contribution in [0.2, 0.25) is 5.02 Å². The molecule has 10 heteroatoms. The van der Waals surface area contributed by atoms with Gasteiger partial charge in [0.1, 0.15) is 18.2 Å². The van der Waals surface area contributed by atoms with Crippen LogP contribution in [0.5, 0.6) is 11.5 Å². The van der Waals surface area contributed by atoms with E-state index in [9.17, 15) is 9.18 Å². The molecule has 1 aromatic heterocycles. The highest BCUT2D eigenvalue weighted by Gasteiger charge is 2.32. The zero-order valence-electron chi connectivity index (χ0n) is 18.6. The molecule has 3 aromatic rings. The number of methoxy groups -OCH3 is 1. The van der Waals surface area contributed by atoms with Gasteiger partial charge in [-0.3, -0.25) is 9.69 Å². The minimum atomic E-state index is -0.567. The Balaban J connectivity index is 1.66. The molecule has 2 heterocycles. The van der Waals surface area contributed by atoms with Crippen LogP contribution in [0, 0.1) is 5.82 Å². The summed E-state index contributed by atoms with van der Waals surface area (Å²) >= 11 is 5.91. The Bertz CT molecular complexity index is 1180. The van der Waals surface area contributed by atoms with Gasteiger partial charge >= 0.3 is 0 Å². The molecule has 2 unspecified atom stereocenters. The summed E-state index contributed by atoms with van der Waals surface area (Å²) in [7, 11) is 5.11. The topological polar surface area (TPSA) is 88.6 Å². The van der Waals surface area contributed by atoms with E-state index in [1.54, 1.807) is 38.4 Å². The van der Waals surface area contributed by atoms with E-state index >= 15 is 0 Å². The van der Waals surface area contributed by atoms with Gasteiger partial charge < -0.3 is 20.1 Å². The van der Waals surface area contributed by atoms with E-state index in [2.05, 4.69) is 20.6 Å². The van der Waals surface area contributed by atoms with Gasteiger partial charge in [0.15, 0.2) is 17.3 Å². The van der Waals surface area contributed by atoms with Gasteiger partial charge in [-0.25, -0.2) is 14.4 Å². The number of likely N-dealkylation sites (N-methyl/N-ethyl adjacent to an activating group) is 2. The zero-order chi connectivity index (χ0) is 23.5. The smallest absolute Gasteiger partial charge is 0.237 e. The second kappa shape index (κ2) is 9.76. The fourth-order valence-electron chi connectivity index (χ4n) is 3.95. The van der Waals surface area contributed by atoms with E-state index in [0.29, 0.717) is 34.6 Å². The Labute approximate surface area is 196 Å². The Morgan fingerprint density at radius 1 is 1.27 bits per heavy atom. The predicted octanol–water partition coefficient (Wildman–Crippen LogP) is 3.76. The lowest BCUT2D eigenvalue weighted by atomic mass is 9.99. The zero-order valence-corrected chi connectivity index (χ0v) is 19.3. The Hall–Kier alpha value is -3.17. The highest BCUT2D eigenvalue weighted by atomic mass is 35.5. The lowest BCUT2D eigenvalue weighted by Crippen LogP contribution is -2.51. The first kappa shape index (κ1) is 23.0. The maximum Gasteiger partial charge on any atom is 0.237 e. The quantitative estimate of drug-likeness (QED) is 0.563. The van der Waals surface area contributed by atoms with Crippen molar-refractivity contribution in [1.29, 1.82) is 0 Å². The normalized spacial score (nSPS) is 18.7. The van der Waals surface area contributed by atoms with Crippen LogP contribution in [-0.4, -0.2) is 60.7 Å². The van der Waals surface area contributed by atoms with E-state index in [1.807, 2.05) is 11.9 Å². The van der Waals surface area contributed by atoms with Crippen molar-refractivity contribution in [2.45, 2.75) is 25.0 Å². The second-order valence-corrected chi connectivity index (χ2v) is 8.25. The molecule has 1 aliphatic heterocycles. The number of nitrogens with one attached hydrogen (secondary N) is 2. The van der Waals surface area contributed by atoms with Gasteiger partial charge in [-0.15, -0.1) is 0 Å². The molecule has 33 heavy (non-hydrogen) atoms. The summed E-state index contributed by atoms with van der Waals surface area (Å²) in [6, 6.07) is 7.95. The van der Waals surface area contributed by atoms with Gasteiger partial charge in [-0.2, -0.15) is 0 Å². The van der Waals surface area contributed by atoms with Crippen molar-refractivity contribution in [2.75, 3.05) is 33.1 Å². The number of halogens is 2. The number of fused-ring (bicyclic) bond motifs is 1. The van der Waals surface area contributed by atoms with Gasteiger partial charge in [0.25, 0.3) is 0 Å². The summed E-state index contributed by atoms with van der Waals surface area (Å²) in [5.41, 5.74) is 0.801. The molecule has 0 saturated carbocycles. The van der Waals surface area contributed by atoms with Crippen molar-refractivity contribution in [3.05, 3.63) is 47.5 Å². The molecule has 8 nitrogen and oxygen atoms in total. The van der Waals surface area contributed by atoms with Crippen LogP contribution in [0.25, 0.3) is 10.9 Å². The number of benzene rings is 2. The lowest BCUT2D eigenvalue weighted by molar-refractivity contribution is -0.127. The SMILES string of the molecule is CNC(=O)C1CC(Oc2cc3c(Nc4cccc(Cl)c4F)ncnc3cc2OC)CCN1C. The number of piperidine rings is 1. The summed E-state index contributed by atoms with van der Waals surface area (Å²) in [5.74, 6) is 0.804. The molecule has 1 amide bonds. The minimum absolute atomic E-state index is 0.0111. The highest BCUT2D eigenvalue weighted by Crippen LogP contribution is 2.37. The van der Waals surface area contributed by atoms with Crippen LogP contribution in [0.15, 0.2) is 36.7 Å². The third-order valence-electron chi connectivity index (χ3n) is 5.79. The number of amides is 1. The number of anilines is 2. The molecule has 2 N–H and O–H groups in total. The molecule has 0 radical (unpaired) electrons. The van der Waals surface area contributed by atoms with Crippen molar-refractivity contribution in [2.24, 2.45) is 0 Å². The van der Waals surface area contributed by atoms with Gasteiger partial charge in [-0.05, 0) is 31.7 Å². The molecule has 0 spiro atoms. The summed E-state index contributed by atoms with van der Waals surface area (Å²) in [5, 5.41) is 6.34. The van der Waals surface area contributed by atoms with Crippen molar-refractivity contribution < 1.29 is 18.7 Å². The predicted molar refractivity (Wildman–Crippen MR) is 125 cm³/mol. The summed E-state index contributed by atoms with van der Waals surface area (Å²) in [4.78, 5) is 22.9. The highest BCUT2D eigenvalue weighted by molar-refractivity contribution is 6.31. The molecular formula is C23H25ClFN5O3. The van der Waals surface area contributed by atoms with Crippen LogP contribution >= 0.6 is 11.6 Å². The average Bonchev–Trinajstić information content (AvgIpc) is 2.82. The Morgan fingerprint density at radius 2 is 2.09 bits per heavy atom. The van der Waals surface area contributed by atoms with E-state index in [-0.39, 0.29) is 28.8 Å². The van der Waals surface area contributed by atoms with Gasteiger partial charge in [-0.1, -0.05) is 17.7 Å². The van der Waals surface area contributed by atoms with Crippen LogP contribution in [0.1, 0.15) is 12.8 Å². The maximum absolute atomic E-state index is 14.4. The van der Waals surface area contributed by atoms with E-state index < -0.39 is 5.82 Å². The fraction of sp³-hybridized carbons (Fsp3) is 0.348. The molecule has 2 aromatic carbocycles. The molecule has 0 bridgehead atoms. The third-order valence-corrected chi connectivity index (χ3v) is 6.08. The van der Waals surface area contributed by atoms with E-state index in [4.69, 9.17) is 21.1 Å². The van der Waals surface area contributed by atoms with Crippen LogP contribution in [-0.2, 0) is 4.79 Å². The monoisotopic (exact) mass is 473 g/mol. The number of hydrogen-bond donors (Lipinski definition) is 2. The fourth-order valence-corrected chi connectivity index (χ4v) is 4.13. The standard InChI is InChI=1S/C23H25ClFN5O3/c1-26-23(31)18-9-13(7-8-30(18)2)33-20-10-14-17(11-19(20)32-3)27-12-28-22(14)29-16-6-4-5-15(24)21(16)25/h4-6,10-13,18H,7-9H2,1-3H3,(H,26,31)(H,27,28,29). The molecule has 0 aliphatic carbocycles. The van der Waals surface area contributed by atoms with Crippen LogP contribution in [0.3, 0.4) is 0 Å². The number of rotatable bonds is 6. The van der Waals surface area contributed by atoms with Crippen LogP contribution in [0.4, 0.5) is 15.9 Å². The van der Waals surface area contributed by atoms with Gasteiger partial charge in [0.05, 0.1) is 29.4 Å². The van der Waals surface area contributed by atoms with Gasteiger partial charge in [0, 0.05) is 31.5 Å². The number of carbonyl (C=O) groups excluding carboxylic acids is 1. The number of likely N-dealkylation sites (tertiary alicyclic amines) is 1. The van der Waals surface area contributed by atoms with Crippen LogP contribution < -0.4 is 20.1 Å². The number of carbonyl (C=O) groups is 1. The first-order valence-electron chi connectivity index (χ1n) is 10.5. The van der Waals surface area contributed by atoms with Crippen molar-refractivity contribution in [3.8, 4) is 11.5 Å². The molecule has 174 valence electrons. The first-order valence-corrected chi connectivity index (χ1v) is 10.9. The van der Waals surface area contributed by atoms with Crippen molar-refractivity contribution >= 4 is 39.9 Å². The second-order valence-electron chi connectivity index (χ2n) is 7.84. The molecule has 4 rings (SSSR count). The number of ether oxygens (including phenoxy) is 2.